The van der Waals surface area contributed by atoms with Crippen molar-refractivity contribution in [3.8, 4) is 0 Å². The van der Waals surface area contributed by atoms with Crippen molar-refractivity contribution in [2.45, 2.75) is 39.3 Å². The van der Waals surface area contributed by atoms with Gasteiger partial charge in [-0.2, -0.15) is 0 Å². The molecular weight excluding hydrogens is 186 g/mol. The maximum atomic E-state index is 4.38. The Bertz CT molecular complexity index is 291. The van der Waals surface area contributed by atoms with Gasteiger partial charge in [-0.15, -0.1) is 6.58 Å². The third-order valence-corrected chi connectivity index (χ3v) is 2.52. The summed E-state index contributed by atoms with van der Waals surface area (Å²) in [6, 6.07) is 0.459. The molecule has 1 aromatic heterocycles. The van der Waals surface area contributed by atoms with Crippen molar-refractivity contribution in [1.29, 1.82) is 0 Å². The lowest BCUT2D eigenvalue weighted by Gasteiger charge is -2.16. The molecular formula is C12H21N3. The lowest BCUT2D eigenvalue weighted by atomic mass is 10.1. The monoisotopic (exact) mass is 207 g/mol. The summed E-state index contributed by atoms with van der Waals surface area (Å²) in [5.74, 6) is 1.16. The van der Waals surface area contributed by atoms with E-state index in [1.807, 2.05) is 18.5 Å². The van der Waals surface area contributed by atoms with Gasteiger partial charge in [0, 0.05) is 31.4 Å². The van der Waals surface area contributed by atoms with Crippen LogP contribution < -0.4 is 5.32 Å². The summed E-state index contributed by atoms with van der Waals surface area (Å²) in [5.41, 5.74) is 0. The highest BCUT2D eigenvalue weighted by molar-refractivity contribution is 4.96. The second-order valence-corrected chi connectivity index (χ2v) is 3.61. The molecule has 0 aliphatic rings. The molecule has 0 amide bonds. The molecule has 1 atom stereocenters. The van der Waals surface area contributed by atoms with E-state index in [0.29, 0.717) is 6.04 Å². The Balaban J connectivity index is 2.60. The highest BCUT2D eigenvalue weighted by Crippen LogP contribution is 2.05. The normalized spacial score (nSPS) is 12.7. The molecule has 0 aliphatic carbocycles. The number of aryl methyl sites for hydroxylation is 1. The first-order valence-corrected chi connectivity index (χ1v) is 5.66. The molecule has 0 aromatic carbocycles. The molecule has 1 aromatic rings. The van der Waals surface area contributed by atoms with Crippen molar-refractivity contribution in [2.75, 3.05) is 6.54 Å². The standard InChI is InChI=1S/C12H21N3/c1-4-7-11(13-5-2)10-12-14-8-9-15(12)6-3/h4,8-9,11,13H,1,5-7,10H2,2-3H3. The Hall–Kier alpha value is -1.09. The van der Waals surface area contributed by atoms with Gasteiger partial charge in [-0.25, -0.2) is 4.98 Å². The Labute approximate surface area is 92.2 Å². The zero-order chi connectivity index (χ0) is 11.1. The SMILES string of the molecule is C=CCC(Cc1nccn1CC)NCC. The number of nitrogens with one attached hydrogen (secondary N) is 1. The fourth-order valence-corrected chi connectivity index (χ4v) is 1.77. The fraction of sp³-hybridized carbons (Fsp3) is 0.583. The Morgan fingerprint density at radius 1 is 1.60 bits per heavy atom. The van der Waals surface area contributed by atoms with Crippen LogP contribution in [0, 0.1) is 0 Å². The van der Waals surface area contributed by atoms with Crippen molar-refractivity contribution >= 4 is 0 Å². The van der Waals surface area contributed by atoms with Crippen LogP contribution in [0.2, 0.25) is 0 Å². The van der Waals surface area contributed by atoms with Gasteiger partial charge in [-0.3, -0.25) is 0 Å². The third kappa shape index (κ3) is 3.51. The Morgan fingerprint density at radius 2 is 2.40 bits per heavy atom. The predicted molar refractivity (Wildman–Crippen MR) is 63.9 cm³/mol. The molecule has 0 fully saturated rings. The fourth-order valence-electron chi connectivity index (χ4n) is 1.77. The Morgan fingerprint density at radius 3 is 3.00 bits per heavy atom. The van der Waals surface area contributed by atoms with Crippen LogP contribution >= 0.6 is 0 Å². The molecule has 0 spiro atoms. The minimum absolute atomic E-state index is 0.459. The van der Waals surface area contributed by atoms with E-state index < -0.39 is 0 Å². The van der Waals surface area contributed by atoms with Gasteiger partial charge in [-0.1, -0.05) is 13.0 Å². The summed E-state index contributed by atoms with van der Waals surface area (Å²) in [7, 11) is 0. The minimum Gasteiger partial charge on any atom is -0.335 e. The zero-order valence-corrected chi connectivity index (χ0v) is 9.74. The smallest absolute Gasteiger partial charge is 0.110 e. The van der Waals surface area contributed by atoms with Gasteiger partial charge in [0.05, 0.1) is 0 Å². The quantitative estimate of drug-likeness (QED) is 0.693. The molecule has 0 bridgehead atoms. The summed E-state index contributed by atoms with van der Waals surface area (Å²) in [6.45, 7) is 10.0. The summed E-state index contributed by atoms with van der Waals surface area (Å²) in [4.78, 5) is 4.38. The van der Waals surface area contributed by atoms with Crippen LogP contribution in [-0.4, -0.2) is 22.1 Å². The maximum Gasteiger partial charge on any atom is 0.110 e. The molecule has 1 heterocycles. The number of nitrogens with zero attached hydrogens (tertiary/aromatic N) is 2. The summed E-state index contributed by atoms with van der Waals surface area (Å²) in [6.07, 6.45) is 7.83. The van der Waals surface area contributed by atoms with Crippen molar-refractivity contribution in [3.63, 3.8) is 0 Å². The van der Waals surface area contributed by atoms with Crippen molar-refractivity contribution in [2.24, 2.45) is 0 Å². The van der Waals surface area contributed by atoms with Gasteiger partial charge in [0.2, 0.25) is 0 Å². The number of aromatic nitrogens is 2. The number of likely N-dealkylation sites (N-methyl/N-ethyl adjacent to an activating group) is 1. The van der Waals surface area contributed by atoms with Gasteiger partial charge in [0.1, 0.15) is 5.82 Å². The van der Waals surface area contributed by atoms with Crippen LogP contribution in [0.3, 0.4) is 0 Å². The van der Waals surface area contributed by atoms with Crippen LogP contribution in [-0.2, 0) is 13.0 Å². The summed E-state index contributed by atoms with van der Waals surface area (Å²) in [5, 5.41) is 3.45. The molecule has 0 aliphatic heterocycles. The van der Waals surface area contributed by atoms with Gasteiger partial charge in [0.25, 0.3) is 0 Å². The topological polar surface area (TPSA) is 29.9 Å². The lowest BCUT2D eigenvalue weighted by molar-refractivity contribution is 0.506. The van der Waals surface area contributed by atoms with E-state index in [1.165, 1.54) is 0 Å². The van der Waals surface area contributed by atoms with Crippen molar-refractivity contribution in [3.05, 3.63) is 30.9 Å². The highest BCUT2D eigenvalue weighted by atomic mass is 15.1. The van der Waals surface area contributed by atoms with Gasteiger partial charge < -0.3 is 9.88 Å². The largest absolute Gasteiger partial charge is 0.335 e. The van der Waals surface area contributed by atoms with E-state index in [9.17, 15) is 0 Å². The van der Waals surface area contributed by atoms with E-state index >= 15 is 0 Å². The number of rotatable bonds is 7. The first-order chi connectivity index (χ1) is 7.31. The first-order valence-electron chi connectivity index (χ1n) is 5.66. The number of hydrogen-bond donors (Lipinski definition) is 1. The van der Waals surface area contributed by atoms with E-state index in [-0.39, 0.29) is 0 Å². The Kier molecular flexibility index (Phi) is 5.12. The molecule has 0 saturated heterocycles. The van der Waals surface area contributed by atoms with Crippen LogP contribution in [0.15, 0.2) is 25.0 Å². The lowest BCUT2D eigenvalue weighted by Crippen LogP contribution is -2.31. The van der Waals surface area contributed by atoms with E-state index in [2.05, 4.69) is 35.3 Å². The predicted octanol–water partition coefficient (Wildman–Crippen LogP) is 2.00. The van der Waals surface area contributed by atoms with Crippen LogP contribution in [0.5, 0.6) is 0 Å². The molecule has 1 rings (SSSR count). The summed E-state index contributed by atoms with van der Waals surface area (Å²) < 4.78 is 2.19. The maximum absolute atomic E-state index is 4.38. The van der Waals surface area contributed by atoms with Crippen LogP contribution in [0.25, 0.3) is 0 Å². The van der Waals surface area contributed by atoms with Crippen LogP contribution in [0.4, 0.5) is 0 Å². The van der Waals surface area contributed by atoms with Gasteiger partial charge >= 0.3 is 0 Å². The zero-order valence-electron chi connectivity index (χ0n) is 9.74. The molecule has 1 unspecified atom stereocenters. The summed E-state index contributed by atoms with van der Waals surface area (Å²) >= 11 is 0. The van der Waals surface area contributed by atoms with Crippen molar-refractivity contribution in [1.82, 2.24) is 14.9 Å². The molecule has 3 heteroatoms. The van der Waals surface area contributed by atoms with E-state index in [4.69, 9.17) is 0 Å². The number of imidazole rings is 1. The van der Waals surface area contributed by atoms with E-state index in [0.717, 1.165) is 31.8 Å². The van der Waals surface area contributed by atoms with Gasteiger partial charge in [-0.05, 0) is 19.9 Å². The highest BCUT2D eigenvalue weighted by Gasteiger charge is 2.09. The van der Waals surface area contributed by atoms with Crippen molar-refractivity contribution < 1.29 is 0 Å². The second kappa shape index (κ2) is 6.40. The average Bonchev–Trinajstić information content (AvgIpc) is 2.66. The average molecular weight is 207 g/mol. The third-order valence-electron chi connectivity index (χ3n) is 2.52. The molecule has 84 valence electrons. The number of hydrogen-bond acceptors (Lipinski definition) is 2. The molecule has 15 heavy (non-hydrogen) atoms. The first kappa shape index (κ1) is 12.0. The van der Waals surface area contributed by atoms with Crippen LogP contribution in [0.1, 0.15) is 26.1 Å². The van der Waals surface area contributed by atoms with Gasteiger partial charge in [0.15, 0.2) is 0 Å². The molecule has 0 saturated carbocycles. The second-order valence-electron chi connectivity index (χ2n) is 3.61. The molecule has 3 nitrogen and oxygen atoms in total. The molecule has 0 radical (unpaired) electrons. The minimum atomic E-state index is 0.459. The van der Waals surface area contributed by atoms with E-state index in [1.54, 1.807) is 0 Å². The molecule has 1 N–H and O–H groups in total.